The van der Waals surface area contributed by atoms with Crippen molar-refractivity contribution in [3.05, 3.63) is 130 Å². The molecular weight excluding hydrogens is 1330 g/mol. The number of benzene rings is 3. The lowest BCUT2D eigenvalue weighted by Crippen LogP contribution is -2.61. The highest BCUT2D eigenvalue weighted by Crippen LogP contribution is 2.22. The zero-order valence-electron chi connectivity index (χ0n) is 55.4. The van der Waals surface area contributed by atoms with Crippen LogP contribution in [0.2, 0.25) is 10.0 Å². The SMILES string of the molecule is CC(=O)NC(Cc1ccc(Cl)cc1)C(=O)NC(Cc1ccc(Cl)cc1)C(=O)NC(Cc1cccnc1)C(=O)NC(CO)C(=O)NC(Cc1ccc(O)cc1)C(=O)NC(CCCN=C(N)N)C(=O)NC(CC(C)C)C(=O)NC(CCCN=C(N)N)C(=O)N1CCCC1C(=O)NC(C)C(=O)O. The molecule has 5 rings (SSSR count). The number of carbonyl (C=O) groups excluding carboxylic acids is 10. The summed E-state index contributed by atoms with van der Waals surface area (Å²) in [5.74, 6) is -10.7. The summed E-state index contributed by atoms with van der Waals surface area (Å²) < 4.78 is 0. The number of nitrogens with two attached hydrogens (primary N) is 4. The van der Waals surface area contributed by atoms with E-state index in [1.165, 1.54) is 55.4 Å². The number of nitrogens with one attached hydrogen (secondary N) is 9. The Kier molecular flexibility index (Phi) is 32.1. The van der Waals surface area contributed by atoms with Gasteiger partial charge in [0.05, 0.1) is 6.61 Å². The number of hydrogen-bond acceptors (Lipinski definition) is 16. The summed E-state index contributed by atoms with van der Waals surface area (Å²) in [7, 11) is 0. The molecule has 1 fully saturated rings. The number of phenolic OH excluding ortho intramolecular Hbond substituents is 1. The second kappa shape index (κ2) is 39.9. The number of aliphatic carboxylic acids is 1. The highest BCUT2D eigenvalue weighted by Gasteiger charge is 2.40. The summed E-state index contributed by atoms with van der Waals surface area (Å²) in [5, 5.41) is 54.9. The zero-order chi connectivity index (χ0) is 72.9. The predicted octanol–water partition coefficient (Wildman–Crippen LogP) is -1.01. The Hall–Kier alpha value is -10.1. The first-order valence-electron chi connectivity index (χ1n) is 32.1. The maximum atomic E-state index is 14.8. The lowest BCUT2D eigenvalue weighted by molar-refractivity contribution is -0.144. The first-order valence-corrected chi connectivity index (χ1v) is 32.9. The number of hydrogen-bond donors (Lipinski definition) is 16. The van der Waals surface area contributed by atoms with Crippen LogP contribution in [-0.2, 0) is 78.4 Å². The van der Waals surface area contributed by atoms with E-state index in [2.05, 4.69) is 62.8 Å². The van der Waals surface area contributed by atoms with Crippen molar-refractivity contribution in [1.29, 1.82) is 0 Å². The first-order chi connectivity index (χ1) is 47.0. The number of aromatic nitrogens is 1. The van der Waals surface area contributed by atoms with E-state index in [1.54, 1.807) is 74.5 Å². The van der Waals surface area contributed by atoms with E-state index in [4.69, 9.17) is 46.1 Å². The van der Waals surface area contributed by atoms with Crippen LogP contribution in [0, 0.1) is 5.92 Å². The molecule has 0 spiro atoms. The van der Waals surface area contributed by atoms with E-state index in [0.29, 0.717) is 38.7 Å². The summed E-state index contributed by atoms with van der Waals surface area (Å²) in [4.78, 5) is 167. The van der Waals surface area contributed by atoms with Crippen molar-refractivity contribution in [2.45, 2.75) is 159 Å². The fraction of sp³-hybridized carbons (Fsp3) is 0.455. The van der Waals surface area contributed by atoms with Gasteiger partial charge in [0.15, 0.2) is 11.9 Å². The number of halogens is 2. The van der Waals surface area contributed by atoms with E-state index >= 15 is 0 Å². The van der Waals surface area contributed by atoms with Gasteiger partial charge in [0, 0.05) is 74.7 Å². The molecule has 1 aliphatic rings. The minimum atomic E-state index is -1.85. The van der Waals surface area contributed by atoms with Crippen LogP contribution < -0.4 is 70.8 Å². The second-order valence-electron chi connectivity index (χ2n) is 24.2. The summed E-state index contributed by atoms with van der Waals surface area (Å²) >= 11 is 12.3. The zero-order valence-corrected chi connectivity index (χ0v) is 56.9. The van der Waals surface area contributed by atoms with E-state index in [-0.39, 0.29) is 107 Å². The Balaban J connectivity index is 1.43. The van der Waals surface area contributed by atoms with Crippen LogP contribution in [0.3, 0.4) is 0 Å². The molecule has 1 aromatic heterocycles. The molecule has 20 N–H and O–H groups in total. The van der Waals surface area contributed by atoms with Crippen LogP contribution in [-0.4, -0.2) is 189 Å². The number of aliphatic hydroxyl groups excluding tert-OH is 1. The molecule has 1 aliphatic heterocycles. The number of carboxylic acids is 1. The van der Waals surface area contributed by atoms with Gasteiger partial charge in [-0.15, -0.1) is 0 Å². The van der Waals surface area contributed by atoms with Crippen molar-refractivity contribution in [1.82, 2.24) is 57.7 Å². The average Bonchev–Trinajstić information content (AvgIpc) is 1.73. The maximum Gasteiger partial charge on any atom is 0.325 e. The van der Waals surface area contributed by atoms with Crippen LogP contribution in [0.25, 0.3) is 0 Å². The minimum Gasteiger partial charge on any atom is -0.508 e. The second-order valence-corrected chi connectivity index (χ2v) is 25.1. The van der Waals surface area contributed by atoms with Gasteiger partial charge in [-0.05, 0) is 123 Å². The summed E-state index contributed by atoms with van der Waals surface area (Å²) in [6.07, 6.45) is 2.69. The summed E-state index contributed by atoms with van der Waals surface area (Å²) in [6.45, 7) is 5.04. The molecule has 2 heterocycles. The third-order valence-electron chi connectivity index (χ3n) is 15.7. The molecule has 4 aromatic rings. The Morgan fingerprint density at radius 1 is 0.545 bits per heavy atom. The lowest BCUT2D eigenvalue weighted by atomic mass is 10.00. The van der Waals surface area contributed by atoms with E-state index in [9.17, 15) is 68.1 Å². The Bertz CT molecular complexity index is 3470. The van der Waals surface area contributed by atoms with E-state index in [0.717, 1.165) is 0 Å². The van der Waals surface area contributed by atoms with Gasteiger partial charge >= 0.3 is 5.97 Å². The molecule has 536 valence electrons. The van der Waals surface area contributed by atoms with Crippen molar-refractivity contribution in [3.63, 3.8) is 0 Å². The van der Waals surface area contributed by atoms with Crippen molar-refractivity contribution in [3.8, 4) is 5.75 Å². The Morgan fingerprint density at radius 3 is 1.39 bits per heavy atom. The van der Waals surface area contributed by atoms with Crippen LogP contribution in [0.15, 0.2) is 107 Å². The number of carboxylic acid groups (broad SMARTS) is 1. The third-order valence-corrected chi connectivity index (χ3v) is 16.2. The molecule has 31 nitrogen and oxygen atoms in total. The van der Waals surface area contributed by atoms with Crippen molar-refractivity contribution in [2.75, 3.05) is 26.2 Å². The van der Waals surface area contributed by atoms with Gasteiger partial charge < -0.3 is 91.0 Å². The molecule has 0 aliphatic carbocycles. The standard InChI is InChI=1S/C66H89Cl2N17O14/c1-36(2)29-48(56(90)79-47(11-7-27-75-66(71)72)63(97)85-28-8-12-54(85)62(96)76-37(3)64(98)99)80-55(89)46(10-6-26-74-65(69)70)78-58(92)50(32-41-17-23-45(88)24-18-41)83-61(95)53(35-86)84-60(94)52(33-42-9-5-25-73-34-42)82-59(93)51(31-40-15-21-44(68)22-16-40)81-57(91)49(77-38(4)87)30-39-13-19-43(67)20-14-39/h5,9,13-25,34,36-37,46-54,86,88H,6-8,10-12,26-33,35H2,1-4H3,(H,76,96)(H,77,87)(H,78,92)(H,79,90)(H,80,89)(H,81,91)(H,82,93)(H,83,95)(H,84,94)(H,98,99)(H4,69,70,74)(H4,71,72,75). The first kappa shape index (κ1) is 79.5. The smallest absolute Gasteiger partial charge is 0.325 e. The Labute approximate surface area is 582 Å². The van der Waals surface area contributed by atoms with Crippen LogP contribution >= 0.6 is 23.2 Å². The number of pyridine rings is 1. The molecule has 10 unspecified atom stereocenters. The number of carbonyl (C=O) groups is 11. The molecular formula is C66H89Cl2N17O14. The fourth-order valence-corrected chi connectivity index (χ4v) is 10.9. The quantitative estimate of drug-likeness (QED) is 0.0145. The van der Waals surface area contributed by atoms with E-state index < -0.39 is 132 Å². The maximum absolute atomic E-state index is 14.8. The summed E-state index contributed by atoms with van der Waals surface area (Å²) in [6, 6.07) is 7.47. The topological polar surface area (TPSA) is 502 Å². The summed E-state index contributed by atoms with van der Waals surface area (Å²) in [5.41, 5.74) is 24.3. The molecule has 0 radical (unpaired) electrons. The largest absolute Gasteiger partial charge is 0.508 e. The van der Waals surface area contributed by atoms with Gasteiger partial charge in [0.1, 0.15) is 66.2 Å². The Morgan fingerprint density at radius 2 is 0.949 bits per heavy atom. The minimum absolute atomic E-state index is 0.00772. The van der Waals surface area contributed by atoms with Crippen molar-refractivity contribution < 1.29 is 68.1 Å². The monoisotopic (exact) mass is 1410 g/mol. The van der Waals surface area contributed by atoms with Crippen LogP contribution in [0.5, 0.6) is 5.75 Å². The number of likely N-dealkylation sites (tertiary alicyclic amines) is 1. The number of aliphatic imine (C=N–C) groups is 2. The number of amides is 10. The normalized spacial score (nSPS) is 15.3. The van der Waals surface area contributed by atoms with Gasteiger partial charge in [-0.2, -0.15) is 0 Å². The lowest BCUT2D eigenvalue weighted by Gasteiger charge is -2.31. The van der Waals surface area contributed by atoms with E-state index in [1.807, 2.05) is 0 Å². The molecule has 1 saturated heterocycles. The molecule has 0 bridgehead atoms. The fourth-order valence-electron chi connectivity index (χ4n) is 10.6. The van der Waals surface area contributed by atoms with Crippen molar-refractivity contribution >= 4 is 100 Å². The van der Waals surface area contributed by atoms with Crippen LogP contribution in [0.1, 0.15) is 94.9 Å². The number of phenols is 1. The molecule has 3 aromatic carbocycles. The number of aliphatic hydroxyl groups is 1. The van der Waals surface area contributed by atoms with Gasteiger partial charge in [0.2, 0.25) is 59.1 Å². The molecule has 0 saturated carbocycles. The molecule has 10 amide bonds. The number of guanidine groups is 2. The highest BCUT2D eigenvalue weighted by atomic mass is 35.5. The van der Waals surface area contributed by atoms with Gasteiger partial charge in [0.25, 0.3) is 0 Å². The molecule has 10 atom stereocenters. The predicted molar refractivity (Wildman–Crippen MR) is 368 cm³/mol. The highest BCUT2D eigenvalue weighted by molar-refractivity contribution is 6.30. The number of nitrogens with zero attached hydrogens (tertiary/aromatic N) is 4. The molecule has 33 heteroatoms. The van der Waals surface area contributed by atoms with Gasteiger partial charge in [-0.25, -0.2) is 0 Å². The average molecular weight is 1420 g/mol. The van der Waals surface area contributed by atoms with Gasteiger partial charge in [-0.3, -0.25) is 67.7 Å². The van der Waals surface area contributed by atoms with Crippen LogP contribution in [0.4, 0.5) is 0 Å². The molecule has 99 heavy (non-hydrogen) atoms. The number of aromatic hydroxyl groups is 1. The third kappa shape index (κ3) is 27.4. The van der Waals surface area contributed by atoms with Crippen molar-refractivity contribution in [2.24, 2.45) is 38.8 Å². The number of rotatable bonds is 38. The van der Waals surface area contributed by atoms with Gasteiger partial charge in [-0.1, -0.05) is 79.5 Å².